The average molecular weight is 303 g/mol. The van der Waals surface area contributed by atoms with E-state index in [1.54, 1.807) is 20.8 Å². The van der Waals surface area contributed by atoms with Gasteiger partial charge in [0.2, 0.25) is 0 Å². The van der Waals surface area contributed by atoms with Crippen molar-refractivity contribution in [2.45, 2.75) is 57.8 Å². The first-order chi connectivity index (χ1) is 9.69. The first kappa shape index (κ1) is 17.7. The molecule has 1 fully saturated rings. The van der Waals surface area contributed by atoms with Crippen LogP contribution < -0.4 is 5.32 Å². The van der Waals surface area contributed by atoms with Crippen molar-refractivity contribution < 1.29 is 29.3 Å². The predicted octanol–water partition coefficient (Wildman–Crippen LogP) is 1.14. The van der Waals surface area contributed by atoms with Crippen molar-refractivity contribution in [3.63, 3.8) is 0 Å². The van der Waals surface area contributed by atoms with Crippen molar-refractivity contribution in [2.75, 3.05) is 13.2 Å². The van der Waals surface area contributed by atoms with E-state index < -0.39 is 29.8 Å². The second-order valence-corrected chi connectivity index (χ2v) is 6.34. The van der Waals surface area contributed by atoms with Crippen LogP contribution >= 0.6 is 0 Å². The molecule has 2 atom stereocenters. The van der Waals surface area contributed by atoms with Crippen LogP contribution in [0.4, 0.5) is 4.79 Å². The first-order valence-corrected chi connectivity index (χ1v) is 7.17. The summed E-state index contributed by atoms with van der Waals surface area (Å²) >= 11 is 0. The largest absolute Gasteiger partial charge is 0.479 e. The molecule has 0 heterocycles. The molecule has 1 amide bonds. The van der Waals surface area contributed by atoms with Crippen LogP contribution in [-0.4, -0.2) is 53.2 Å². The van der Waals surface area contributed by atoms with Crippen molar-refractivity contribution in [2.24, 2.45) is 5.92 Å². The van der Waals surface area contributed by atoms with Crippen LogP contribution in [0.25, 0.3) is 0 Å². The van der Waals surface area contributed by atoms with Gasteiger partial charge in [-0.2, -0.15) is 0 Å². The summed E-state index contributed by atoms with van der Waals surface area (Å²) < 4.78 is 10.4. The molecule has 3 N–H and O–H groups in total. The van der Waals surface area contributed by atoms with Crippen molar-refractivity contribution in [1.29, 1.82) is 0 Å². The van der Waals surface area contributed by atoms with E-state index in [-0.39, 0.29) is 6.61 Å². The van der Waals surface area contributed by atoms with Gasteiger partial charge < -0.3 is 25.0 Å². The Bertz CT molecular complexity index is 361. The average Bonchev–Trinajstić information content (AvgIpc) is 3.13. The Kier molecular flexibility index (Phi) is 6.42. The molecule has 1 aliphatic carbocycles. The SMILES string of the molecule is CC(C)(C)OC(=O)NC(COCCC1CC1)C(O)C(=O)O. The minimum atomic E-state index is -1.74. The molecule has 1 rings (SSSR count). The lowest BCUT2D eigenvalue weighted by Gasteiger charge is -2.25. The maximum Gasteiger partial charge on any atom is 0.408 e. The van der Waals surface area contributed by atoms with Crippen LogP contribution in [0.1, 0.15) is 40.0 Å². The number of alkyl carbamates (subject to hydrolysis) is 1. The molecule has 7 heteroatoms. The monoisotopic (exact) mass is 303 g/mol. The molecule has 122 valence electrons. The number of carboxylic acid groups (broad SMARTS) is 1. The van der Waals surface area contributed by atoms with Crippen LogP contribution in [0, 0.1) is 5.92 Å². The van der Waals surface area contributed by atoms with Gasteiger partial charge in [0.05, 0.1) is 12.6 Å². The number of rotatable bonds is 8. The Hall–Kier alpha value is -1.34. The summed E-state index contributed by atoms with van der Waals surface area (Å²) in [5, 5.41) is 20.8. The Balaban J connectivity index is 2.42. The number of hydrogen-bond acceptors (Lipinski definition) is 5. The Morgan fingerprint density at radius 3 is 2.43 bits per heavy atom. The lowest BCUT2D eigenvalue weighted by atomic mass is 10.1. The van der Waals surface area contributed by atoms with Crippen LogP contribution in [0.5, 0.6) is 0 Å². The molecule has 0 aliphatic heterocycles. The third-order valence-corrected chi connectivity index (χ3v) is 3.00. The topological polar surface area (TPSA) is 105 Å². The van der Waals surface area contributed by atoms with Gasteiger partial charge in [0.1, 0.15) is 5.60 Å². The highest BCUT2D eigenvalue weighted by Crippen LogP contribution is 2.32. The highest BCUT2D eigenvalue weighted by Gasteiger charge is 2.29. The fourth-order valence-electron chi connectivity index (χ4n) is 1.71. The summed E-state index contributed by atoms with van der Waals surface area (Å²) in [4.78, 5) is 22.5. The third-order valence-electron chi connectivity index (χ3n) is 3.00. The second kappa shape index (κ2) is 7.61. The summed E-state index contributed by atoms with van der Waals surface area (Å²) in [5.74, 6) is -0.714. The maximum atomic E-state index is 11.7. The molecular formula is C14H25NO6. The zero-order valence-electron chi connectivity index (χ0n) is 12.8. The Morgan fingerprint density at radius 2 is 1.95 bits per heavy atom. The number of aliphatic hydroxyl groups is 1. The molecule has 0 spiro atoms. The molecule has 0 aromatic rings. The van der Waals surface area contributed by atoms with Gasteiger partial charge in [0.15, 0.2) is 6.10 Å². The lowest BCUT2D eigenvalue weighted by molar-refractivity contribution is -0.149. The number of amides is 1. The van der Waals surface area contributed by atoms with E-state index in [1.165, 1.54) is 12.8 Å². The van der Waals surface area contributed by atoms with E-state index in [4.69, 9.17) is 14.6 Å². The van der Waals surface area contributed by atoms with Crippen molar-refractivity contribution in [3.05, 3.63) is 0 Å². The molecule has 21 heavy (non-hydrogen) atoms. The smallest absolute Gasteiger partial charge is 0.408 e. The van der Waals surface area contributed by atoms with Crippen LogP contribution in [0.2, 0.25) is 0 Å². The van der Waals surface area contributed by atoms with Gasteiger partial charge in [-0.05, 0) is 33.1 Å². The predicted molar refractivity (Wildman–Crippen MR) is 75.0 cm³/mol. The summed E-state index contributed by atoms with van der Waals surface area (Å²) in [6, 6.07) is -1.04. The minimum Gasteiger partial charge on any atom is -0.479 e. The number of ether oxygens (including phenoxy) is 2. The van der Waals surface area contributed by atoms with Gasteiger partial charge in [-0.15, -0.1) is 0 Å². The number of aliphatic hydroxyl groups excluding tert-OH is 1. The molecule has 0 radical (unpaired) electrons. The van der Waals surface area contributed by atoms with Gasteiger partial charge in [0.25, 0.3) is 0 Å². The quantitative estimate of drug-likeness (QED) is 0.581. The zero-order valence-corrected chi connectivity index (χ0v) is 12.8. The van der Waals surface area contributed by atoms with E-state index >= 15 is 0 Å². The van der Waals surface area contributed by atoms with Gasteiger partial charge >= 0.3 is 12.1 Å². The van der Waals surface area contributed by atoms with E-state index in [0.29, 0.717) is 12.5 Å². The zero-order chi connectivity index (χ0) is 16.0. The molecule has 0 bridgehead atoms. The van der Waals surface area contributed by atoms with Crippen molar-refractivity contribution in [1.82, 2.24) is 5.32 Å². The number of carbonyl (C=O) groups is 2. The highest BCUT2D eigenvalue weighted by molar-refractivity contribution is 5.75. The standard InChI is InChI=1S/C14H25NO6/c1-14(2,3)21-13(19)15-10(11(16)12(17)18)8-20-7-6-9-4-5-9/h9-11,16H,4-8H2,1-3H3,(H,15,19)(H,17,18). The highest BCUT2D eigenvalue weighted by atomic mass is 16.6. The van der Waals surface area contributed by atoms with Crippen LogP contribution in [0.15, 0.2) is 0 Å². The number of aliphatic carboxylic acids is 1. The number of hydrogen-bond donors (Lipinski definition) is 3. The van der Waals surface area contributed by atoms with Crippen molar-refractivity contribution in [3.8, 4) is 0 Å². The van der Waals surface area contributed by atoms with E-state index in [0.717, 1.165) is 6.42 Å². The number of carbonyl (C=O) groups excluding carboxylic acids is 1. The molecule has 0 aromatic carbocycles. The molecule has 0 saturated heterocycles. The Morgan fingerprint density at radius 1 is 1.33 bits per heavy atom. The van der Waals surface area contributed by atoms with E-state index in [9.17, 15) is 14.7 Å². The normalized spacial score (nSPS) is 17.9. The molecule has 2 unspecified atom stereocenters. The fraction of sp³-hybridized carbons (Fsp3) is 0.857. The van der Waals surface area contributed by atoms with Gasteiger partial charge in [-0.1, -0.05) is 12.8 Å². The van der Waals surface area contributed by atoms with Crippen LogP contribution in [0.3, 0.4) is 0 Å². The maximum absolute atomic E-state index is 11.7. The Labute approximate surface area is 124 Å². The molecule has 1 aliphatic rings. The first-order valence-electron chi connectivity index (χ1n) is 7.17. The summed E-state index contributed by atoms with van der Waals surface area (Å²) in [7, 11) is 0. The number of nitrogens with one attached hydrogen (secondary N) is 1. The van der Waals surface area contributed by atoms with E-state index in [2.05, 4.69) is 5.32 Å². The molecule has 7 nitrogen and oxygen atoms in total. The van der Waals surface area contributed by atoms with Crippen LogP contribution in [-0.2, 0) is 14.3 Å². The van der Waals surface area contributed by atoms with Gasteiger partial charge in [-0.3, -0.25) is 0 Å². The number of carboxylic acids is 1. The second-order valence-electron chi connectivity index (χ2n) is 6.34. The lowest BCUT2D eigenvalue weighted by Crippen LogP contribution is -2.50. The van der Waals surface area contributed by atoms with E-state index in [1.807, 2.05) is 0 Å². The summed E-state index contributed by atoms with van der Waals surface area (Å²) in [6.07, 6.45) is 0.820. The van der Waals surface area contributed by atoms with Gasteiger partial charge in [0, 0.05) is 6.61 Å². The van der Waals surface area contributed by atoms with Gasteiger partial charge in [-0.25, -0.2) is 9.59 Å². The third kappa shape index (κ3) is 7.87. The summed E-state index contributed by atoms with van der Waals surface area (Å²) in [5.41, 5.74) is -0.699. The minimum absolute atomic E-state index is 0.0700. The molecule has 1 saturated carbocycles. The molecular weight excluding hydrogens is 278 g/mol. The fourth-order valence-corrected chi connectivity index (χ4v) is 1.71. The summed E-state index contributed by atoms with van der Waals surface area (Å²) in [6.45, 7) is 5.51. The van der Waals surface area contributed by atoms with Crippen molar-refractivity contribution >= 4 is 12.1 Å². The molecule has 0 aromatic heterocycles.